The highest BCUT2D eigenvalue weighted by molar-refractivity contribution is 6.00. The summed E-state index contributed by atoms with van der Waals surface area (Å²) in [7, 11) is 0. The number of benzene rings is 2. The number of rotatable bonds is 10. The number of hydrogen-bond acceptors (Lipinski definition) is 5. The molecule has 0 radical (unpaired) electrons. The third kappa shape index (κ3) is 6.18. The van der Waals surface area contributed by atoms with Crippen LogP contribution >= 0.6 is 0 Å². The van der Waals surface area contributed by atoms with Crippen LogP contribution in [0.25, 0.3) is 5.76 Å². The number of nitrogens with one attached hydrogen (secondary N) is 1. The molecule has 2 aromatic carbocycles. The zero-order valence-corrected chi connectivity index (χ0v) is 15.9. The van der Waals surface area contributed by atoms with Crippen LogP contribution in [-0.4, -0.2) is 35.0 Å². The van der Waals surface area contributed by atoms with Crippen LogP contribution < -0.4 is 10.4 Å². The van der Waals surface area contributed by atoms with Crippen LogP contribution in [0.5, 0.6) is 0 Å². The summed E-state index contributed by atoms with van der Waals surface area (Å²) in [6.07, 6.45) is 0.236. The Kier molecular flexibility index (Phi) is 7.93. The van der Waals surface area contributed by atoms with Crippen LogP contribution in [0.1, 0.15) is 24.5 Å². The summed E-state index contributed by atoms with van der Waals surface area (Å²) in [4.78, 5) is 39.9. The second-order valence-electron chi connectivity index (χ2n) is 6.08. The van der Waals surface area contributed by atoms with E-state index in [2.05, 4.69) is 5.32 Å². The number of aliphatic hydroxyl groups is 1. The number of hydrogen-bond donors (Lipinski definition) is 3. The molecule has 8 heteroatoms. The second kappa shape index (κ2) is 10.6. The lowest BCUT2D eigenvalue weighted by molar-refractivity contribution is -0.136. The number of aliphatic carboxylic acids is 1. The minimum absolute atomic E-state index is 0.0169. The number of carboxylic acids is 1. The van der Waals surface area contributed by atoms with E-state index in [1.807, 2.05) is 30.3 Å². The van der Waals surface area contributed by atoms with Crippen molar-refractivity contribution in [1.82, 2.24) is 5.32 Å². The summed E-state index contributed by atoms with van der Waals surface area (Å²) < 4.78 is 0. The normalized spacial score (nSPS) is 11.3. The molecule has 2 amide bonds. The van der Waals surface area contributed by atoms with Crippen molar-refractivity contribution in [1.29, 1.82) is 0 Å². The Labute approximate surface area is 168 Å². The molecule has 0 aromatic heterocycles. The van der Waals surface area contributed by atoms with Crippen molar-refractivity contribution in [2.45, 2.75) is 20.0 Å². The monoisotopic (exact) mass is 398 g/mol. The molecule has 152 valence electrons. The summed E-state index contributed by atoms with van der Waals surface area (Å²) in [5, 5.41) is 22.6. The van der Waals surface area contributed by atoms with E-state index in [4.69, 9.17) is 9.94 Å². The quantitative estimate of drug-likeness (QED) is 0.245. The van der Waals surface area contributed by atoms with Gasteiger partial charge < -0.3 is 15.5 Å². The van der Waals surface area contributed by atoms with Gasteiger partial charge in [0.1, 0.15) is 12.4 Å². The molecule has 2 rings (SSSR count). The second-order valence-corrected chi connectivity index (χ2v) is 6.08. The Balaban J connectivity index is 2.21. The number of para-hydroxylation sites is 1. The lowest BCUT2D eigenvalue weighted by Gasteiger charge is -2.20. The van der Waals surface area contributed by atoms with Gasteiger partial charge in [-0.25, -0.2) is 0 Å². The third-order valence-electron chi connectivity index (χ3n) is 4.03. The predicted octanol–water partition coefficient (Wildman–Crippen LogP) is 2.66. The van der Waals surface area contributed by atoms with Gasteiger partial charge in [-0.15, -0.1) is 0 Å². The largest absolute Gasteiger partial charge is 0.507 e. The van der Waals surface area contributed by atoms with Crippen molar-refractivity contribution in [3.63, 3.8) is 0 Å². The number of carbonyl (C=O) groups excluding carboxylic acids is 2. The first kappa shape index (κ1) is 21.6. The van der Waals surface area contributed by atoms with E-state index < -0.39 is 11.9 Å². The molecular formula is C21H22N2O6. The predicted molar refractivity (Wildman–Crippen MR) is 107 cm³/mol. The highest BCUT2D eigenvalue weighted by atomic mass is 16.7. The number of aliphatic hydroxyl groups excluding tert-OH is 1. The van der Waals surface area contributed by atoms with E-state index >= 15 is 0 Å². The minimum atomic E-state index is -1.04. The van der Waals surface area contributed by atoms with Crippen LogP contribution in [0.4, 0.5) is 5.69 Å². The molecule has 0 saturated heterocycles. The number of anilines is 1. The lowest BCUT2D eigenvalue weighted by Crippen LogP contribution is -2.27. The topological polar surface area (TPSA) is 116 Å². The molecule has 2 aromatic rings. The first-order valence-electron chi connectivity index (χ1n) is 8.84. The Hall–Kier alpha value is -3.65. The van der Waals surface area contributed by atoms with Gasteiger partial charge in [-0.3, -0.25) is 19.2 Å². The van der Waals surface area contributed by atoms with Gasteiger partial charge in [-0.1, -0.05) is 42.5 Å². The first-order valence-corrected chi connectivity index (χ1v) is 8.84. The zero-order valence-electron chi connectivity index (χ0n) is 15.9. The Morgan fingerprint density at radius 3 is 2.38 bits per heavy atom. The van der Waals surface area contributed by atoms with Crippen LogP contribution in [-0.2, 0) is 25.8 Å². The van der Waals surface area contributed by atoms with Crippen molar-refractivity contribution < 1.29 is 29.4 Å². The molecule has 0 spiro atoms. The maximum Gasteiger partial charge on any atom is 0.305 e. The van der Waals surface area contributed by atoms with E-state index in [1.165, 1.54) is 6.92 Å². The van der Waals surface area contributed by atoms with Gasteiger partial charge in [0, 0.05) is 12.1 Å². The highest BCUT2D eigenvalue weighted by Crippen LogP contribution is 2.27. The molecule has 29 heavy (non-hydrogen) atoms. The maximum absolute atomic E-state index is 12.2. The van der Waals surface area contributed by atoms with Gasteiger partial charge in [0.25, 0.3) is 5.91 Å². The van der Waals surface area contributed by atoms with E-state index in [0.29, 0.717) is 6.41 Å². The fraction of sp³-hybridized carbons (Fsp3) is 0.190. The summed E-state index contributed by atoms with van der Waals surface area (Å²) in [5.74, 6) is -2.00. The van der Waals surface area contributed by atoms with Gasteiger partial charge in [0.05, 0.1) is 17.7 Å². The highest BCUT2D eigenvalue weighted by Gasteiger charge is 2.18. The van der Waals surface area contributed by atoms with Crippen LogP contribution in [0, 0.1) is 0 Å². The molecule has 0 aliphatic rings. The smallest absolute Gasteiger partial charge is 0.305 e. The number of nitrogens with zero attached hydrogens (tertiary/aromatic N) is 1. The summed E-state index contributed by atoms with van der Waals surface area (Å²) in [6, 6.07) is 15.7. The summed E-state index contributed by atoms with van der Waals surface area (Å²) in [5.41, 5.74) is 1.31. The molecule has 0 aliphatic carbocycles. The fourth-order valence-corrected chi connectivity index (χ4v) is 2.47. The van der Waals surface area contributed by atoms with Crippen molar-refractivity contribution in [2.24, 2.45) is 0 Å². The molecule has 0 unspecified atom stereocenters. The van der Waals surface area contributed by atoms with Crippen molar-refractivity contribution in [3.8, 4) is 0 Å². The van der Waals surface area contributed by atoms with E-state index in [9.17, 15) is 19.5 Å². The fourth-order valence-electron chi connectivity index (χ4n) is 2.47. The molecule has 0 atom stereocenters. The maximum atomic E-state index is 12.2. The van der Waals surface area contributed by atoms with Gasteiger partial charge in [0.15, 0.2) is 0 Å². The van der Waals surface area contributed by atoms with Crippen molar-refractivity contribution in [3.05, 3.63) is 71.3 Å². The molecule has 0 saturated carbocycles. The SMILES string of the molecule is C/C(C(=O)NCCC(=O)O)=C(/O)c1ccccc1N(C=O)OCc1ccccc1. The van der Waals surface area contributed by atoms with Crippen LogP contribution in [0.2, 0.25) is 0 Å². The van der Waals surface area contributed by atoms with Gasteiger partial charge >= 0.3 is 5.97 Å². The average Bonchev–Trinajstić information content (AvgIpc) is 2.74. The van der Waals surface area contributed by atoms with Gasteiger partial charge in [0.2, 0.25) is 6.41 Å². The lowest BCUT2D eigenvalue weighted by atomic mass is 10.1. The van der Waals surface area contributed by atoms with E-state index in [-0.39, 0.29) is 42.2 Å². The zero-order chi connectivity index (χ0) is 21.2. The number of carbonyl (C=O) groups is 3. The van der Waals surface area contributed by atoms with Gasteiger partial charge in [-0.05, 0) is 24.6 Å². The number of carboxylic acid groups (broad SMARTS) is 1. The molecule has 0 fully saturated rings. The van der Waals surface area contributed by atoms with E-state index in [0.717, 1.165) is 10.6 Å². The third-order valence-corrected chi connectivity index (χ3v) is 4.03. The molecule has 3 N–H and O–H groups in total. The number of amides is 2. The molecule has 0 aliphatic heterocycles. The molecule has 0 heterocycles. The molecule has 8 nitrogen and oxygen atoms in total. The average molecular weight is 398 g/mol. The Morgan fingerprint density at radius 1 is 1.07 bits per heavy atom. The molecular weight excluding hydrogens is 376 g/mol. The molecule has 0 bridgehead atoms. The standard InChI is InChI=1S/C21H22N2O6/c1-15(21(28)22-12-11-19(25)26)20(27)17-9-5-6-10-18(17)23(14-24)29-13-16-7-3-2-4-8-16/h2-10,14,27H,11-13H2,1H3,(H,22,28)(H,25,26)/b20-15-. The Bertz CT molecular complexity index is 895. The summed E-state index contributed by atoms with van der Waals surface area (Å²) >= 11 is 0. The van der Waals surface area contributed by atoms with E-state index in [1.54, 1.807) is 24.3 Å². The minimum Gasteiger partial charge on any atom is -0.507 e. The summed E-state index contributed by atoms with van der Waals surface area (Å²) in [6.45, 7) is 1.46. The van der Waals surface area contributed by atoms with Gasteiger partial charge in [-0.2, -0.15) is 5.06 Å². The van der Waals surface area contributed by atoms with Crippen molar-refractivity contribution in [2.75, 3.05) is 11.6 Å². The number of hydroxylamine groups is 1. The Morgan fingerprint density at radius 2 is 1.72 bits per heavy atom. The van der Waals surface area contributed by atoms with Crippen molar-refractivity contribution >= 4 is 29.7 Å². The van der Waals surface area contributed by atoms with Crippen LogP contribution in [0.3, 0.4) is 0 Å². The first-order chi connectivity index (χ1) is 13.9. The van der Waals surface area contributed by atoms with Crippen LogP contribution in [0.15, 0.2) is 60.2 Å².